The second-order valence-corrected chi connectivity index (χ2v) is 7.03. The molecule has 0 aromatic heterocycles. The molecule has 0 aromatic carbocycles. The van der Waals surface area contributed by atoms with E-state index in [1.54, 1.807) is 19.3 Å². The summed E-state index contributed by atoms with van der Waals surface area (Å²) in [5, 5.41) is 7.55. The lowest BCUT2D eigenvalue weighted by atomic mass is 9.53. The van der Waals surface area contributed by atoms with Gasteiger partial charge in [-0.3, -0.25) is 0 Å². The van der Waals surface area contributed by atoms with Crippen molar-refractivity contribution in [2.24, 2.45) is 17.8 Å². The maximum atomic E-state index is 4.06. The number of rotatable bonds is 2. The Balaban J connectivity index is 1.52. The van der Waals surface area contributed by atoms with Crippen LogP contribution in [0, 0.1) is 17.8 Å². The van der Waals surface area contributed by atoms with E-state index >= 15 is 0 Å². The standard InChI is InChI=1S/C14H24N2/c1-2-15-9-13(1)16-14-6-10-3-11(7-14)5-12(4-10)8-14/h10-13,15-16H,1-9H2. The summed E-state index contributed by atoms with van der Waals surface area (Å²) in [6.07, 6.45) is 10.5. The molecule has 2 N–H and O–H groups in total. The predicted octanol–water partition coefficient (Wildman–Crippen LogP) is 1.91. The third-order valence-electron chi connectivity index (χ3n) is 5.61. The van der Waals surface area contributed by atoms with Crippen molar-refractivity contribution in [1.82, 2.24) is 10.6 Å². The van der Waals surface area contributed by atoms with Crippen molar-refractivity contribution in [3.05, 3.63) is 0 Å². The van der Waals surface area contributed by atoms with Crippen LogP contribution < -0.4 is 10.6 Å². The van der Waals surface area contributed by atoms with Crippen LogP contribution in [0.15, 0.2) is 0 Å². The maximum Gasteiger partial charge on any atom is 0.0209 e. The zero-order valence-electron chi connectivity index (χ0n) is 10.2. The van der Waals surface area contributed by atoms with Crippen molar-refractivity contribution < 1.29 is 0 Å². The molecule has 0 amide bonds. The van der Waals surface area contributed by atoms with E-state index in [0.29, 0.717) is 5.54 Å². The summed E-state index contributed by atoms with van der Waals surface area (Å²) < 4.78 is 0. The van der Waals surface area contributed by atoms with Crippen molar-refractivity contribution >= 4 is 0 Å². The van der Waals surface area contributed by atoms with Crippen LogP contribution in [-0.4, -0.2) is 24.7 Å². The highest BCUT2D eigenvalue weighted by Crippen LogP contribution is 2.55. The lowest BCUT2D eigenvalue weighted by Crippen LogP contribution is -2.61. The molecular weight excluding hydrogens is 196 g/mol. The molecule has 16 heavy (non-hydrogen) atoms. The fraction of sp³-hybridized carbons (Fsp3) is 1.00. The summed E-state index contributed by atoms with van der Waals surface area (Å²) in [4.78, 5) is 0. The Hall–Kier alpha value is -0.0800. The molecule has 2 heteroatoms. The zero-order chi connectivity index (χ0) is 10.6. The van der Waals surface area contributed by atoms with Gasteiger partial charge < -0.3 is 10.6 Å². The lowest BCUT2D eigenvalue weighted by Gasteiger charge is -2.57. The monoisotopic (exact) mass is 220 g/mol. The van der Waals surface area contributed by atoms with E-state index in [4.69, 9.17) is 0 Å². The molecule has 1 unspecified atom stereocenters. The first-order valence-corrected chi connectivity index (χ1v) is 7.30. The second kappa shape index (κ2) is 3.46. The molecule has 1 atom stereocenters. The number of hydrogen-bond acceptors (Lipinski definition) is 2. The molecule has 5 fully saturated rings. The van der Waals surface area contributed by atoms with Crippen molar-refractivity contribution in [3.63, 3.8) is 0 Å². The van der Waals surface area contributed by atoms with E-state index in [1.807, 2.05) is 0 Å². The second-order valence-electron chi connectivity index (χ2n) is 7.03. The van der Waals surface area contributed by atoms with E-state index < -0.39 is 0 Å². The van der Waals surface area contributed by atoms with Gasteiger partial charge in [-0.2, -0.15) is 0 Å². The van der Waals surface area contributed by atoms with Crippen LogP contribution in [0.5, 0.6) is 0 Å². The SMILES string of the molecule is C1CC(NC23CC4CC(CC(C4)C2)C3)CN1. The number of hydrogen-bond donors (Lipinski definition) is 2. The Kier molecular flexibility index (Phi) is 2.14. The molecule has 2 nitrogen and oxygen atoms in total. The van der Waals surface area contributed by atoms with E-state index in [2.05, 4.69) is 10.6 Å². The Labute approximate surface area is 98.6 Å². The Bertz CT molecular complexity index is 245. The smallest absolute Gasteiger partial charge is 0.0209 e. The first kappa shape index (κ1) is 9.90. The van der Waals surface area contributed by atoms with Crippen LogP contribution in [0.4, 0.5) is 0 Å². The first-order valence-electron chi connectivity index (χ1n) is 7.30. The highest BCUT2D eigenvalue weighted by molar-refractivity contribution is 5.07. The lowest BCUT2D eigenvalue weighted by molar-refractivity contribution is -0.0242. The summed E-state index contributed by atoms with van der Waals surface area (Å²) in [5.74, 6) is 3.23. The first-order chi connectivity index (χ1) is 7.81. The average molecular weight is 220 g/mol. The molecule has 1 heterocycles. The minimum absolute atomic E-state index is 0.575. The molecule has 4 saturated carbocycles. The van der Waals surface area contributed by atoms with E-state index in [1.165, 1.54) is 38.8 Å². The molecule has 0 radical (unpaired) electrons. The summed E-state index contributed by atoms with van der Waals surface area (Å²) >= 11 is 0. The molecule has 1 saturated heterocycles. The fourth-order valence-corrected chi connectivity index (χ4v) is 5.50. The van der Waals surface area contributed by atoms with E-state index in [-0.39, 0.29) is 0 Å². The van der Waals surface area contributed by atoms with Crippen molar-refractivity contribution in [2.45, 2.75) is 56.5 Å². The minimum Gasteiger partial charge on any atom is -0.315 e. The van der Waals surface area contributed by atoms with Crippen molar-refractivity contribution in [1.29, 1.82) is 0 Å². The number of nitrogens with one attached hydrogen (secondary N) is 2. The topological polar surface area (TPSA) is 24.1 Å². The largest absolute Gasteiger partial charge is 0.315 e. The Morgan fingerprint density at radius 2 is 1.56 bits per heavy atom. The molecule has 4 aliphatic carbocycles. The highest BCUT2D eigenvalue weighted by atomic mass is 15.1. The molecule has 1 aliphatic heterocycles. The molecule has 90 valence electrons. The van der Waals surface area contributed by atoms with Crippen LogP contribution in [-0.2, 0) is 0 Å². The fourth-order valence-electron chi connectivity index (χ4n) is 5.50. The maximum absolute atomic E-state index is 4.06. The predicted molar refractivity (Wildman–Crippen MR) is 65.3 cm³/mol. The van der Waals surface area contributed by atoms with E-state index in [0.717, 1.165) is 23.8 Å². The van der Waals surface area contributed by atoms with Gasteiger partial charge in [-0.15, -0.1) is 0 Å². The average Bonchev–Trinajstić information content (AvgIpc) is 2.66. The van der Waals surface area contributed by atoms with Crippen LogP contribution in [0.25, 0.3) is 0 Å². The van der Waals surface area contributed by atoms with Gasteiger partial charge in [0.1, 0.15) is 0 Å². The summed E-state index contributed by atoms with van der Waals surface area (Å²) in [6, 6.07) is 0.774. The van der Waals surface area contributed by atoms with Gasteiger partial charge in [0.25, 0.3) is 0 Å². The van der Waals surface area contributed by atoms with Crippen LogP contribution >= 0.6 is 0 Å². The molecule has 5 rings (SSSR count). The van der Waals surface area contributed by atoms with Gasteiger partial charge in [0.15, 0.2) is 0 Å². The minimum atomic E-state index is 0.575. The quantitative estimate of drug-likeness (QED) is 0.743. The van der Waals surface area contributed by atoms with Gasteiger partial charge in [0, 0.05) is 18.1 Å². The van der Waals surface area contributed by atoms with Gasteiger partial charge >= 0.3 is 0 Å². The Morgan fingerprint density at radius 3 is 2.06 bits per heavy atom. The van der Waals surface area contributed by atoms with Gasteiger partial charge in [-0.25, -0.2) is 0 Å². The van der Waals surface area contributed by atoms with Crippen molar-refractivity contribution in [2.75, 3.05) is 13.1 Å². The van der Waals surface area contributed by atoms with Gasteiger partial charge in [0.2, 0.25) is 0 Å². The van der Waals surface area contributed by atoms with Crippen molar-refractivity contribution in [3.8, 4) is 0 Å². The summed E-state index contributed by atoms with van der Waals surface area (Å²) in [7, 11) is 0. The molecule has 0 spiro atoms. The normalized spacial score (nSPS) is 54.8. The molecule has 4 bridgehead atoms. The molecule has 5 aliphatic rings. The summed E-state index contributed by atoms with van der Waals surface area (Å²) in [6.45, 7) is 2.44. The van der Waals surface area contributed by atoms with Crippen LogP contribution in [0.2, 0.25) is 0 Å². The molecule has 0 aromatic rings. The molecular formula is C14H24N2. The third kappa shape index (κ3) is 1.53. The third-order valence-corrected chi connectivity index (χ3v) is 5.61. The summed E-state index contributed by atoms with van der Waals surface area (Å²) in [5.41, 5.74) is 0.575. The van der Waals surface area contributed by atoms with Gasteiger partial charge in [0.05, 0.1) is 0 Å². The van der Waals surface area contributed by atoms with Crippen LogP contribution in [0.3, 0.4) is 0 Å². The Morgan fingerprint density at radius 1 is 0.938 bits per heavy atom. The van der Waals surface area contributed by atoms with Gasteiger partial charge in [-0.05, 0) is 69.2 Å². The highest BCUT2D eigenvalue weighted by Gasteiger charge is 2.51. The zero-order valence-corrected chi connectivity index (χ0v) is 10.2. The van der Waals surface area contributed by atoms with Gasteiger partial charge in [-0.1, -0.05) is 0 Å². The van der Waals surface area contributed by atoms with Crippen LogP contribution in [0.1, 0.15) is 44.9 Å². The van der Waals surface area contributed by atoms with E-state index in [9.17, 15) is 0 Å².